The average Bonchev–Trinajstić information content (AvgIpc) is 1.94. The van der Waals surface area contributed by atoms with Crippen LogP contribution in [0.25, 0.3) is 0 Å². The van der Waals surface area contributed by atoms with E-state index in [1.165, 1.54) is 0 Å². The molecule has 0 aromatic carbocycles. The summed E-state index contributed by atoms with van der Waals surface area (Å²) < 4.78 is 43.7. The number of rotatable bonds is 0. The molecule has 0 saturated carbocycles. The molecule has 0 atom stereocenters. The fourth-order valence-corrected chi connectivity index (χ4v) is 0. The second-order valence-electron chi connectivity index (χ2n) is 1.41. The van der Waals surface area contributed by atoms with Crippen LogP contribution in [-0.2, 0) is 22.3 Å². The third kappa shape index (κ3) is 1790. The molecule has 0 spiro atoms. The first kappa shape index (κ1) is 63.0. The van der Waals surface area contributed by atoms with E-state index in [2.05, 4.69) is 0 Å². The maximum atomic E-state index is 8.74. The molecule has 0 bridgehead atoms. The summed E-state index contributed by atoms with van der Waals surface area (Å²) >= 11 is 0. The Balaban J connectivity index is -0.0000000134. The van der Waals surface area contributed by atoms with E-state index < -0.39 is 45.9 Å². The van der Waals surface area contributed by atoms with Crippen molar-refractivity contribution in [3.05, 3.63) is 0 Å². The van der Waals surface area contributed by atoms with Crippen molar-refractivity contribution in [3.8, 4) is 0 Å². The molecule has 0 saturated heterocycles. The summed E-state index contributed by atoms with van der Waals surface area (Å²) in [6, 6.07) is 0. The summed E-state index contributed by atoms with van der Waals surface area (Å²) in [4.78, 5) is 71.6. The Morgan fingerprint density at radius 1 is 0.280 bits per heavy atom. The molecule has 0 aliphatic heterocycles. The van der Waals surface area contributed by atoms with Gasteiger partial charge in [-0.3, -0.25) is 22.3 Å². The van der Waals surface area contributed by atoms with Crippen LogP contribution in [0, 0.1) is 0 Å². The standard InChI is InChI=1S/5Na.5H2O3Si.5H/c;;;;;5*1-4(2)3;;;;;/h;;;;;5*1-2H;;;;;. The molecule has 0 aromatic heterocycles. The Morgan fingerprint density at radius 3 is 0.280 bits per heavy atom. The van der Waals surface area contributed by atoms with Gasteiger partial charge in [0.05, 0.1) is 0 Å². The molecule has 25 heteroatoms. The van der Waals surface area contributed by atoms with Crippen LogP contribution in [0.1, 0.15) is 0 Å². The van der Waals surface area contributed by atoms with Gasteiger partial charge in [-0.2, -0.15) is 0 Å². The van der Waals surface area contributed by atoms with Crippen LogP contribution in [0.5, 0.6) is 0 Å². The molecular formula is H15Na5O15Si5. The maximum absolute atomic E-state index is 8.74. The van der Waals surface area contributed by atoms with Crippen molar-refractivity contribution >= 4 is 194 Å². The number of hydrogen-bond acceptors (Lipinski definition) is 5. The molecule has 0 rings (SSSR count). The van der Waals surface area contributed by atoms with Gasteiger partial charge < -0.3 is 48.0 Å². The normalized spacial score (nSPS) is 4.80. The second-order valence-corrected chi connectivity index (χ2v) is 4.24. The molecule has 15 nitrogen and oxygen atoms in total. The van der Waals surface area contributed by atoms with Gasteiger partial charge in [-0.25, -0.2) is 0 Å². The molecule has 0 fully saturated rings. The second kappa shape index (κ2) is 56.3. The summed E-state index contributed by atoms with van der Waals surface area (Å²) in [5.41, 5.74) is 0. The van der Waals surface area contributed by atoms with Gasteiger partial charge in [0.15, 0.2) is 0 Å². The van der Waals surface area contributed by atoms with E-state index in [1.54, 1.807) is 0 Å². The van der Waals surface area contributed by atoms with E-state index in [-0.39, 0.29) is 148 Å². The van der Waals surface area contributed by atoms with Gasteiger partial charge in [-0.1, -0.05) is 0 Å². The first-order valence-electron chi connectivity index (χ1n) is 3.26. The van der Waals surface area contributed by atoms with Crippen molar-refractivity contribution < 1.29 is 70.3 Å². The Hall–Kier alpha value is 3.08. The topological polar surface area (TPSA) is 288 Å². The van der Waals surface area contributed by atoms with Crippen LogP contribution < -0.4 is 0 Å². The molecule has 10 N–H and O–H groups in total. The van der Waals surface area contributed by atoms with Crippen molar-refractivity contribution in [1.29, 1.82) is 0 Å². The molecule has 0 aliphatic rings. The number of hydrogen-bond donors (Lipinski definition) is 10. The first-order chi connectivity index (χ1) is 8.66. The molecule has 0 unspecified atom stereocenters. The molecule has 0 amide bonds. The van der Waals surface area contributed by atoms with Crippen molar-refractivity contribution in [2.75, 3.05) is 0 Å². The summed E-state index contributed by atoms with van der Waals surface area (Å²) in [5, 5.41) is 0. The van der Waals surface area contributed by atoms with Crippen molar-refractivity contribution in [2.24, 2.45) is 0 Å². The Labute approximate surface area is 259 Å². The molecular weight excluding hydrogens is 495 g/mol. The first-order valence-corrected chi connectivity index (χ1v) is 9.77. The summed E-state index contributed by atoms with van der Waals surface area (Å²) in [5.74, 6) is 0. The van der Waals surface area contributed by atoms with Gasteiger partial charge in [-0.05, 0) is 0 Å². The SMILES string of the molecule is O=[Si](O)O.O=[Si](O)O.O=[Si](O)O.O=[Si](O)O.O=[Si](O)O.[NaH].[NaH].[NaH].[NaH].[NaH]. The Morgan fingerprint density at radius 2 is 0.280 bits per heavy atom. The molecule has 0 aliphatic carbocycles. The minimum absolute atomic E-state index is 0. The molecule has 0 radical (unpaired) electrons. The summed E-state index contributed by atoms with van der Waals surface area (Å²) in [7, 11) is -15.6. The fourth-order valence-electron chi connectivity index (χ4n) is 0. The monoisotopic (exact) mass is 510 g/mol. The third-order valence-electron chi connectivity index (χ3n) is 0. The van der Waals surface area contributed by atoms with Gasteiger partial charge in [0.25, 0.3) is 0 Å². The van der Waals surface area contributed by atoms with Crippen molar-refractivity contribution in [1.82, 2.24) is 0 Å². The van der Waals surface area contributed by atoms with Crippen LogP contribution in [0.4, 0.5) is 0 Å². The Kier molecular flexibility index (Phi) is 142. The van der Waals surface area contributed by atoms with E-state index in [0.29, 0.717) is 0 Å². The van der Waals surface area contributed by atoms with E-state index in [4.69, 9.17) is 70.3 Å². The van der Waals surface area contributed by atoms with E-state index in [1.807, 2.05) is 0 Å². The van der Waals surface area contributed by atoms with E-state index in [0.717, 1.165) is 0 Å². The van der Waals surface area contributed by atoms with Crippen LogP contribution in [-0.4, -0.2) is 242 Å². The zero-order chi connectivity index (χ0) is 17.9. The molecule has 0 heterocycles. The summed E-state index contributed by atoms with van der Waals surface area (Å²) in [6.07, 6.45) is 0. The predicted octanol–water partition coefficient (Wildman–Crippen LogP) is -11.3. The zero-order valence-corrected chi connectivity index (χ0v) is 14.0. The van der Waals surface area contributed by atoms with Gasteiger partial charge in [0, 0.05) is 0 Å². The Bertz CT molecular complexity index is 219. The predicted molar refractivity (Wildman–Crippen MR) is 90.1 cm³/mol. The van der Waals surface area contributed by atoms with Gasteiger partial charge in [-0.15, -0.1) is 0 Å². The van der Waals surface area contributed by atoms with Crippen molar-refractivity contribution in [2.45, 2.75) is 0 Å². The molecule has 0 aromatic rings. The zero-order valence-electron chi connectivity index (χ0n) is 9.01. The average molecular weight is 510 g/mol. The molecule has 130 valence electrons. The van der Waals surface area contributed by atoms with Crippen LogP contribution in [0.3, 0.4) is 0 Å². The van der Waals surface area contributed by atoms with Crippen LogP contribution in [0.15, 0.2) is 0 Å². The molecule has 25 heavy (non-hydrogen) atoms. The fraction of sp³-hybridized carbons (Fsp3) is 0. The van der Waals surface area contributed by atoms with Gasteiger partial charge in [0.2, 0.25) is 0 Å². The third-order valence-corrected chi connectivity index (χ3v) is 0. The van der Waals surface area contributed by atoms with Gasteiger partial charge >= 0.3 is 194 Å². The van der Waals surface area contributed by atoms with Crippen LogP contribution in [0.2, 0.25) is 0 Å². The van der Waals surface area contributed by atoms with E-state index >= 15 is 0 Å². The van der Waals surface area contributed by atoms with Gasteiger partial charge in [0.1, 0.15) is 0 Å². The minimum atomic E-state index is -3.13. The summed E-state index contributed by atoms with van der Waals surface area (Å²) in [6.45, 7) is 0. The van der Waals surface area contributed by atoms with Crippen molar-refractivity contribution in [3.63, 3.8) is 0 Å². The van der Waals surface area contributed by atoms with E-state index in [9.17, 15) is 0 Å². The quantitative estimate of drug-likeness (QED) is 0.135. The van der Waals surface area contributed by atoms with Crippen LogP contribution >= 0.6 is 0 Å².